The van der Waals surface area contributed by atoms with Crippen molar-refractivity contribution in [3.05, 3.63) is 63.5 Å². The number of carbonyl (C=O) groups is 2. The number of carbonyl (C=O) groups excluding carboxylic acids is 2. The molecular weight excluding hydrogens is 296 g/mol. The Morgan fingerprint density at radius 3 is 2.09 bits per heavy atom. The number of allylic oxidation sites excluding steroid dienone is 2. The largest absolute Gasteiger partial charge is 0.354 e. The molecule has 0 bridgehead atoms. The molecule has 1 aliphatic heterocycles. The maximum Gasteiger partial charge on any atom is 0.273 e. The molecule has 1 heterocycles. The van der Waals surface area contributed by atoms with Crippen LogP contribution in [0.4, 0.5) is 5.69 Å². The number of Topliss-reactive ketones (excluding diaryl/α,β-unsaturated/α-hetero) is 2. The minimum absolute atomic E-state index is 0.0956. The predicted molar refractivity (Wildman–Crippen MR) is 85.7 cm³/mol. The van der Waals surface area contributed by atoms with Gasteiger partial charge in [0.25, 0.3) is 5.69 Å². The molecule has 1 aromatic rings. The normalized spacial score (nSPS) is 15.0. The van der Waals surface area contributed by atoms with Gasteiger partial charge in [-0.2, -0.15) is 0 Å². The summed E-state index contributed by atoms with van der Waals surface area (Å²) in [6.07, 6.45) is 3.33. The predicted octanol–water partition coefficient (Wildman–Crippen LogP) is 2.96. The average molecular weight is 314 g/mol. The van der Waals surface area contributed by atoms with E-state index < -0.39 is 10.8 Å². The lowest BCUT2D eigenvalue weighted by molar-refractivity contribution is -0.385. The van der Waals surface area contributed by atoms with Gasteiger partial charge in [0.15, 0.2) is 11.6 Å². The highest BCUT2D eigenvalue weighted by Gasteiger charge is 2.34. The molecule has 0 aromatic heterocycles. The Bertz CT molecular complexity index is 702. The number of rotatable bonds is 5. The van der Waals surface area contributed by atoms with Crippen LogP contribution in [0.2, 0.25) is 0 Å². The summed E-state index contributed by atoms with van der Waals surface area (Å²) >= 11 is 0. The van der Waals surface area contributed by atoms with Crippen molar-refractivity contribution in [2.75, 3.05) is 6.54 Å². The molecule has 120 valence electrons. The van der Waals surface area contributed by atoms with Crippen molar-refractivity contribution in [3.63, 3.8) is 0 Å². The molecule has 0 unspecified atom stereocenters. The second-order valence-electron chi connectivity index (χ2n) is 5.36. The van der Waals surface area contributed by atoms with Crippen LogP contribution in [0.15, 0.2) is 47.8 Å². The van der Waals surface area contributed by atoms with Gasteiger partial charge in [-0.15, -0.1) is 0 Å². The van der Waals surface area contributed by atoms with Crippen LogP contribution in [-0.2, 0) is 9.59 Å². The van der Waals surface area contributed by atoms with Crippen LogP contribution in [0.5, 0.6) is 0 Å². The minimum atomic E-state index is -0.714. The maximum atomic E-state index is 12.1. The Morgan fingerprint density at radius 1 is 1.13 bits per heavy atom. The number of benzene rings is 1. The molecular formula is C17H18N2O4. The van der Waals surface area contributed by atoms with Gasteiger partial charge in [-0.1, -0.05) is 18.2 Å². The van der Waals surface area contributed by atoms with Crippen molar-refractivity contribution in [2.24, 2.45) is 0 Å². The summed E-state index contributed by atoms with van der Waals surface area (Å²) in [6.45, 7) is 5.31. The maximum absolute atomic E-state index is 12.1. The number of hydrogen-bond acceptors (Lipinski definition) is 5. The van der Waals surface area contributed by atoms with E-state index in [-0.39, 0.29) is 17.3 Å². The quantitative estimate of drug-likeness (QED) is 0.616. The first-order chi connectivity index (χ1) is 10.9. The van der Waals surface area contributed by atoms with Crippen molar-refractivity contribution in [2.45, 2.75) is 26.7 Å². The van der Waals surface area contributed by atoms with Crippen LogP contribution in [-0.4, -0.2) is 27.9 Å². The van der Waals surface area contributed by atoms with Gasteiger partial charge in [-0.25, -0.2) is 0 Å². The van der Waals surface area contributed by atoms with Gasteiger partial charge in [-0.05, 0) is 20.8 Å². The first-order valence-corrected chi connectivity index (χ1v) is 7.31. The number of para-hydroxylation sites is 1. The Labute approximate surface area is 134 Å². The minimum Gasteiger partial charge on any atom is -0.354 e. The SMILES string of the molecule is CCN1C=C(C(C)=O)C(c2ccccc2[N+](=O)[O-])C(C(C)=O)=C1. The molecule has 1 aliphatic rings. The van der Waals surface area contributed by atoms with E-state index in [1.165, 1.54) is 19.9 Å². The second kappa shape index (κ2) is 6.56. The van der Waals surface area contributed by atoms with E-state index in [1.54, 1.807) is 35.5 Å². The van der Waals surface area contributed by atoms with Crippen molar-refractivity contribution in [1.82, 2.24) is 4.90 Å². The molecule has 1 aromatic carbocycles. The molecule has 0 N–H and O–H groups in total. The van der Waals surface area contributed by atoms with E-state index in [0.29, 0.717) is 23.3 Å². The zero-order valence-corrected chi connectivity index (χ0v) is 13.3. The van der Waals surface area contributed by atoms with Crippen LogP contribution in [0, 0.1) is 10.1 Å². The van der Waals surface area contributed by atoms with E-state index >= 15 is 0 Å². The van der Waals surface area contributed by atoms with Crippen LogP contribution < -0.4 is 0 Å². The fourth-order valence-corrected chi connectivity index (χ4v) is 2.72. The van der Waals surface area contributed by atoms with Gasteiger partial charge < -0.3 is 4.90 Å². The molecule has 0 saturated heterocycles. The Balaban J connectivity index is 2.69. The number of nitrogens with zero attached hydrogens (tertiary/aromatic N) is 2. The standard InChI is InChI=1S/C17H18N2O4/c1-4-18-9-14(11(2)20)17(15(10-18)12(3)21)13-7-5-6-8-16(13)19(22)23/h5-10,17H,4H2,1-3H3. The molecule has 0 radical (unpaired) electrons. The van der Waals surface area contributed by atoms with Crippen molar-refractivity contribution >= 4 is 17.3 Å². The lowest BCUT2D eigenvalue weighted by atomic mass is 9.80. The summed E-state index contributed by atoms with van der Waals surface area (Å²) in [6, 6.07) is 6.22. The van der Waals surface area contributed by atoms with Gasteiger partial charge in [-0.3, -0.25) is 19.7 Å². The molecule has 0 atom stereocenters. The second-order valence-corrected chi connectivity index (χ2v) is 5.36. The van der Waals surface area contributed by atoms with E-state index in [0.717, 1.165) is 0 Å². The first kappa shape index (κ1) is 16.6. The average Bonchev–Trinajstić information content (AvgIpc) is 2.53. The Kier molecular flexibility index (Phi) is 4.74. The lowest BCUT2D eigenvalue weighted by Gasteiger charge is -2.29. The topological polar surface area (TPSA) is 80.5 Å². The number of ketones is 2. The molecule has 6 nitrogen and oxygen atoms in total. The number of nitro benzene ring substituents is 1. The van der Waals surface area contributed by atoms with Crippen LogP contribution in [0.25, 0.3) is 0 Å². The van der Waals surface area contributed by atoms with Crippen molar-refractivity contribution in [1.29, 1.82) is 0 Å². The van der Waals surface area contributed by atoms with E-state index in [1.807, 2.05) is 6.92 Å². The first-order valence-electron chi connectivity index (χ1n) is 7.31. The molecule has 0 aliphatic carbocycles. The van der Waals surface area contributed by atoms with Gasteiger partial charge in [0.1, 0.15) is 0 Å². The summed E-state index contributed by atoms with van der Waals surface area (Å²) in [5.74, 6) is -1.13. The third-order valence-electron chi connectivity index (χ3n) is 3.85. The molecule has 2 rings (SSSR count). The van der Waals surface area contributed by atoms with E-state index in [4.69, 9.17) is 0 Å². The zero-order chi connectivity index (χ0) is 17.1. The van der Waals surface area contributed by atoms with Crippen LogP contribution >= 0.6 is 0 Å². The smallest absolute Gasteiger partial charge is 0.273 e. The third-order valence-corrected chi connectivity index (χ3v) is 3.85. The molecule has 0 spiro atoms. The van der Waals surface area contributed by atoms with E-state index in [2.05, 4.69) is 0 Å². The van der Waals surface area contributed by atoms with Crippen molar-refractivity contribution in [3.8, 4) is 0 Å². The van der Waals surface area contributed by atoms with Gasteiger partial charge in [0.2, 0.25) is 0 Å². The van der Waals surface area contributed by atoms with E-state index in [9.17, 15) is 19.7 Å². The summed E-state index contributed by atoms with van der Waals surface area (Å²) in [5, 5.41) is 11.3. The summed E-state index contributed by atoms with van der Waals surface area (Å²) in [4.78, 5) is 36.8. The molecule has 6 heteroatoms. The fraction of sp³-hybridized carbons (Fsp3) is 0.294. The summed E-state index contributed by atoms with van der Waals surface area (Å²) in [5.41, 5.74) is 1.03. The third kappa shape index (κ3) is 3.21. The number of hydrogen-bond donors (Lipinski definition) is 0. The highest BCUT2D eigenvalue weighted by atomic mass is 16.6. The lowest BCUT2D eigenvalue weighted by Crippen LogP contribution is -2.26. The molecule has 0 saturated carbocycles. The highest BCUT2D eigenvalue weighted by molar-refractivity contribution is 6.02. The fourth-order valence-electron chi connectivity index (χ4n) is 2.72. The Morgan fingerprint density at radius 2 is 1.65 bits per heavy atom. The van der Waals surface area contributed by atoms with Crippen LogP contribution in [0.3, 0.4) is 0 Å². The highest BCUT2D eigenvalue weighted by Crippen LogP contribution is 2.40. The monoisotopic (exact) mass is 314 g/mol. The zero-order valence-electron chi connectivity index (χ0n) is 13.3. The van der Waals surface area contributed by atoms with Gasteiger partial charge in [0.05, 0.1) is 10.8 Å². The number of nitro groups is 1. The molecule has 0 fully saturated rings. The Hall–Kier alpha value is -2.76. The van der Waals surface area contributed by atoms with Gasteiger partial charge >= 0.3 is 0 Å². The molecule has 23 heavy (non-hydrogen) atoms. The summed E-state index contributed by atoms with van der Waals surface area (Å²) in [7, 11) is 0. The van der Waals surface area contributed by atoms with Crippen LogP contribution in [0.1, 0.15) is 32.3 Å². The summed E-state index contributed by atoms with van der Waals surface area (Å²) < 4.78 is 0. The van der Waals surface area contributed by atoms with Crippen molar-refractivity contribution < 1.29 is 14.5 Å². The van der Waals surface area contributed by atoms with Gasteiger partial charge in [0, 0.05) is 41.7 Å². The molecule has 0 amide bonds.